The topological polar surface area (TPSA) is 55.1 Å². The fourth-order valence-corrected chi connectivity index (χ4v) is 2.07. The number of pyridine rings is 1. The van der Waals surface area contributed by atoms with E-state index in [2.05, 4.69) is 4.98 Å². The number of aromatic nitrogens is 1. The van der Waals surface area contributed by atoms with Crippen LogP contribution in [0.3, 0.4) is 0 Å². The molecule has 0 aromatic carbocycles. The molecule has 0 aliphatic carbocycles. The Morgan fingerprint density at radius 2 is 1.90 bits per heavy atom. The fourth-order valence-electron chi connectivity index (χ4n) is 2.07. The van der Waals surface area contributed by atoms with E-state index in [1.54, 1.807) is 0 Å². The molecule has 1 fully saturated rings. The number of rotatable bonds is 3. The Bertz CT molecular complexity index is 539. The van der Waals surface area contributed by atoms with Crippen molar-refractivity contribution in [1.82, 2.24) is 4.98 Å². The van der Waals surface area contributed by atoms with Crippen LogP contribution in [0.5, 0.6) is 0 Å². The first kappa shape index (κ1) is 15.0. The summed E-state index contributed by atoms with van der Waals surface area (Å²) in [5.74, 6) is -0.411. The first-order valence-corrected chi connectivity index (χ1v) is 6.64. The van der Waals surface area contributed by atoms with Gasteiger partial charge < -0.3 is 9.31 Å². The second kappa shape index (κ2) is 5.15. The van der Waals surface area contributed by atoms with Gasteiger partial charge in [-0.3, -0.25) is 4.98 Å². The van der Waals surface area contributed by atoms with Gasteiger partial charge in [-0.25, -0.2) is 4.39 Å². The van der Waals surface area contributed by atoms with Crippen LogP contribution < -0.4 is 5.46 Å². The number of halogens is 1. The molecule has 2 heterocycles. The molecule has 0 spiro atoms. The molecule has 6 heteroatoms. The van der Waals surface area contributed by atoms with Crippen molar-refractivity contribution in [3.63, 3.8) is 0 Å². The van der Waals surface area contributed by atoms with Gasteiger partial charge >= 0.3 is 7.12 Å². The normalized spacial score (nSPS) is 19.9. The average molecular weight is 276 g/mol. The summed E-state index contributed by atoms with van der Waals surface area (Å²) in [6, 6.07) is 3.33. The van der Waals surface area contributed by atoms with Crippen molar-refractivity contribution < 1.29 is 13.7 Å². The molecule has 20 heavy (non-hydrogen) atoms. The highest BCUT2D eigenvalue weighted by molar-refractivity contribution is 6.62. The Morgan fingerprint density at radius 1 is 1.30 bits per heavy atom. The minimum atomic E-state index is -0.789. The molecule has 0 radical (unpaired) electrons. The Hall–Kier alpha value is -1.45. The lowest BCUT2D eigenvalue weighted by Gasteiger charge is -2.32. The zero-order chi connectivity index (χ0) is 15.0. The van der Waals surface area contributed by atoms with Crippen LogP contribution in [0.4, 0.5) is 4.39 Å². The Kier molecular flexibility index (Phi) is 3.85. The van der Waals surface area contributed by atoms with Crippen molar-refractivity contribution in [3.8, 4) is 6.07 Å². The summed E-state index contributed by atoms with van der Waals surface area (Å²) in [6.45, 7) is 7.65. The summed E-state index contributed by atoms with van der Waals surface area (Å²) >= 11 is 0. The van der Waals surface area contributed by atoms with E-state index in [9.17, 15) is 4.39 Å². The first-order valence-electron chi connectivity index (χ1n) is 6.64. The largest absolute Gasteiger partial charge is 0.499 e. The summed E-state index contributed by atoms with van der Waals surface area (Å²) in [5.41, 5.74) is -0.245. The van der Waals surface area contributed by atoms with E-state index in [0.29, 0.717) is 17.6 Å². The van der Waals surface area contributed by atoms with Gasteiger partial charge in [-0.15, -0.1) is 0 Å². The molecule has 4 nitrogen and oxygen atoms in total. The molecule has 1 aliphatic rings. The molecule has 0 N–H and O–H groups in total. The Balaban J connectivity index is 2.37. The summed E-state index contributed by atoms with van der Waals surface area (Å²) in [5, 5.41) is 8.69. The van der Waals surface area contributed by atoms with Gasteiger partial charge in [0.1, 0.15) is 5.82 Å². The fraction of sp³-hybridized carbons (Fsp3) is 0.571. The minimum Gasteiger partial charge on any atom is -0.399 e. The molecule has 2 rings (SSSR count). The smallest absolute Gasteiger partial charge is 0.399 e. The molecule has 0 bridgehead atoms. The highest BCUT2D eigenvalue weighted by atomic mass is 19.1. The molecule has 1 aliphatic heterocycles. The van der Waals surface area contributed by atoms with Crippen molar-refractivity contribution in [2.45, 2.75) is 51.7 Å². The standard InChI is InChI=1S/C14H18BFN2O2/c1-13(2)14(3,4)20-15(19-13)12-10(16)7-9-18-11(12)6-5-8-17/h7,9H,5-6H2,1-4H3. The lowest BCUT2D eigenvalue weighted by atomic mass is 9.76. The van der Waals surface area contributed by atoms with Crippen molar-refractivity contribution in [2.24, 2.45) is 0 Å². The molecule has 0 amide bonds. The van der Waals surface area contributed by atoms with Gasteiger partial charge in [-0.05, 0) is 33.8 Å². The highest BCUT2D eigenvalue weighted by Gasteiger charge is 2.53. The molecule has 0 unspecified atom stereocenters. The monoisotopic (exact) mass is 276 g/mol. The maximum Gasteiger partial charge on any atom is 0.499 e. The summed E-state index contributed by atoms with van der Waals surface area (Å²) in [4.78, 5) is 4.17. The first-order chi connectivity index (χ1) is 9.28. The summed E-state index contributed by atoms with van der Waals surface area (Å²) < 4.78 is 25.9. The Morgan fingerprint density at radius 3 is 2.45 bits per heavy atom. The third kappa shape index (κ3) is 2.56. The van der Waals surface area contributed by atoms with Crippen molar-refractivity contribution in [1.29, 1.82) is 5.26 Å². The molecule has 1 aromatic rings. The zero-order valence-corrected chi connectivity index (χ0v) is 12.2. The molecule has 1 saturated heterocycles. The quantitative estimate of drug-likeness (QED) is 0.792. The van der Waals surface area contributed by atoms with E-state index in [0.717, 1.165) is 0 Å². The lowest BCUT2D eigenvalue weighted by Crippen LogP contribution is -2.41. The predicted octanol–water partition coefficient (Wildman–Crippen LogP) is 1.98. The van der Waals surface area contributed by atoms with E-state index in [1.807, 2.05) is 33.8 Å². The van der Waals surface area contributed by atoms with Gasteiger partial charge in [0.05, 0.1) is 17.3 Å². The molecule has 106 valence electrons. The second-order valence-electron chi connectivity index (χ2n) is 5.90. The van der Waals surface area contributed by atoms with Gasteiger partial charge in [0.15, 0.2) is 0 Å². The molecule has 0 saturated carbocycles. The SMILES string of the molecule is CC1(C)OB(c2c(F)ccnc2CCC#N)OC1(C)C. The number of aryl methyl sites for hydroxylation is 1. The van der Waals surface area contributed by atoms with E-state index in [-0.39, 0.29) is 6.42 Å². The van der Waals surface area contributed by atoms with Crippen LogP contribution in [-0.2, 0) is 15.7 Å². The second-order valence-corrected chi connectivity index (χ2v) is 5.90. The van der Waals surface area contributed by atoms with Gasteiger partial charge in [0.2, 0.25) is 0 Å². The number of hydrogen-bond donors (Lipinski definition) is 0. The minimum absolute atomic E-state index is 0.281. The van der Waals surface area contributed by atoms with Gasteiger partial charge in [0.25, 0.3) is 0 Å². The Labute approximate surface area is 119 Å². The number of nitrogens with zero attached hydrogens (tertiary/aromatic N) is 2. The van der Waals surface area contributed by atoms with Gasteiger partial charge in [-0.1, -0.05) is 0 Å². The van der Waals surface area contributed by atoms with Crippen LogP contribution >= 0.6 is 0 Å². The molecular formula is C14H18BFN2O2. The van der Waals surface area contributed by atoms with Crippen LogP contribution in [0, 0.1) is 17.1 Å². The number of hydrogen-bond acceptors (Lipinski definition) is 4. The highest BCUT2D eigenvalue weighted by Crippen LogP contribution is 2.36. The molecule has 1 aromatic heterocycles. The van der Waals surface area contributed by atoms with Gasteiger partial charge in [-0.2, -0.15) is 5.26 Å². The van der Waals surface area contributed by atoms with E-state index < -0.39 is 24.1 Å². The predicted molar refractivity (Wildman–Crippen MR) is 73.8 cm³/mol. The van der Waals surface area contributed by atoms with Crippen LogP contribution in [0.2, 0.25) is 0 Å². The average Bonchev–Trinajstić information content (AvgIpc) is 2.55. The third-order valence-electron chi connectivity index (χ3n) is 3.98. The third-order valence-corrected chi connectivity index (χ3v) is 3.98. The van der Waals surface area contributed by atoms with Crippen molar-refractivity contribution in [2.75, 3.05) is 0 Å². The van der Waals surface area contributed by atoms with Crippen LogP contribution in [0.1, 0.15) is 39.8 Å². The lowest BCUT2D eigenvalue weighted by molar-refractivity contribution is 0.00578. The summed E-state index contributed by atoms with van der Waals surface area (Å²) in [6.07, 6.45) is 2.06. The van der Waals surface area contributed by atoms with Crippen molar-refractivity contribution >= 4 is 12.6 Å². The molecule has 0 atom stereocenters. The van der Waals surface area contributed by atoms with Crippen LogP contribution in [0.15, 0.2) is 12.3 Å². The van der Waals surface area contributed by atoms with E-state index in [1.165, 1.54) is 12.3 Å². The molecular weight excluding hydrogens is 258 g/mol. The van der Waals surface area contributed by atoms with Gasteiger partial charge in [0, 0.05) is 30.2 Å². The van der Waals surface area contributed by atoms with E-state index >= 15 is 0 Å². The van der Waals surface area contributed by atoms with Crippen molar-refractivity contribution in [3.05, 3.63) is 23.8 Å². The zero-order valence-electron chi connectivity index (χ0n) is 12.2. The number of nitriles is 1. The maximum atomic E-state index is 14.2. The van der Waals surface area contributed by atoms with Crippen LogP contribution in [-0.4, -0.2) is 23.3 Å². The van der Waals surface area contributed by atoms with Crippen LogP contribution in [0.25, 0.3) is 0 Å². The van der Waals surface area contributed by atoms with E-state index in [4.69, 9.17) is 14.6 Å². The maximum absolute atomic E-state index is 14.2. The summed E-state index contributed by atoms with van der Waals surface area (Å²) in [7, 11) is -0.789.